The highest BCUT2D eigenvalue weighted by Crippen LogP contribution is 2.35. The fourth-order valence-corrected chi connectivity index (χ4v) is 2.27. The lowest BCUT2D eigenvalue weighted by Gasteiger charge is -2.33. The number of hydrogen-bond acceptors (Lipinski definition) is 2. The van der Waals surface area contributed by atoms with Gasteiger partial charge < -0.3 is 0 Å². The molecule has 0 saturated carbocycles. The molecule has 0 aliphatic heterocycles. The van der Waals surface area contributed by atoms with E-state index in [-0.39, 0.29) is 0 Å². The van der Waals surface area contributed by atoms with Gasteiger partial charge in [0.1, 0.15) is 0 Å². The number of allylic oxidation sites excluding steroid dienone is 1. The van der Waals surface area contributed by atoms with Crippen LogP contribution in [0, 0.1) is 0 Å². The van der Waals surface area contributed by atoms with Crippen LogP contribution in [0.1, 0.15) is 0 Å². The van der Waals surface area contributed by atoms with Gasteiger partial charge in [0.05, 0.1) is 15.7 Å². The predicted molar refractivity (Wildman–Crippen MR) is 80.7 cm³/mol. The van der Waals surface area contributed by atoms with E-state index in [2.05, 4.69) is 29.2 Å². The molecule has 0 heterocycles. The van der Waals surface area contributed by atoms with Crippen LogP contribution in [0.3, 0.4) is 0 Å². The summed E-state index contributed by atoms with van der Waals surface area (Å²) in [6.07, 6.45) is 0. The number of halogens is 3. The molecule has 88 valence electrons. The second-order valence-corrected chi connectivity index (χ2v) is 5.01. The van der Waals surface area contributed by atoms with Gasteiger partial charge in [-0.2, -0.15) is 0 Å². The van der Waals surface area contributed by atoms with Gasteiger partial charge in [-0.3, -0.25) is 5.01 Å². The third-order valence-corrected chi connectivity index (χ3v) is 3.49. The van der Waals surface area contributed by atoms with Crippen LogP contribution in [-0.4, -0.2) is 23.5 Å². The molecule has 0 aromatic heterocycles. The van der Waals surface area contributed by atoms with Gasteiger partial charge in [0.2, 0.25) is 0 Å². The van der Waals surface area contributed by atoms with Crippen molar-refractivity contribution in [2.45, 2.75) is 0 Å². The first-order valence-electron chi connectivity index (χ1n) is 4.64. The van der Waals surface area contributed by atoms with Crippen LogP contribution in [0.5, 0.6) is 0 Å². The molecule has 0 atom stereocenters. The van der Waals surface area contributed by atoms with Gasteiger partial charge in [-0.05, 0) is 12.1 Å². The first kappa shape index (κ1) is 14.1. The van der Waals surface area contributed by atoms with Crippen molar-refractivity contribution >= 4 is 51.5 Å². The lowest BCUT2D eigenvalue weighted by Crippen LogP contribution is -2.36. The van der Waals surface area contributed by atoms with Crippen molar-refractivity contribution in [3.05, 3.63) is 40.5 Å². The van der Waals surface area contributed by atoms with Crippen molar-refractivity contribution in [2.75, 3.05) is 23.5 Å². The molecular formula is C11H13Cl2IN2. The summed E-state index contributed by atoms with van der Waals surface area (Å²) in [7, 11) is 3.86. The molecule has 0 bridgehead atoms. The van der Waals surface area contributed by atoms with Gasteiger partial charge in [-0.25, -0.2) is 5.01 Å². The molecule has 0 spiro atoms. The molecule has 0 unspecified atom stereocenters. The third kappa shape index (κ3) is 3.03. The van der Waals surface area contributed by atoms with E-state index in [0.717, 1.165) is 15.8 Å². The van der Waals surface area contributed by atoms with Crippen LogP contribution in [0.2, 0.25) is 10.0 Å². The summed E-state index contributed by atoms with van der Waals surface area (Å²) in [5, 5.41) is 5.06. The van der Waals surface area contributed by atoms with Gasteiger partial charge in [0, 0.05) is 24.2 Å². The smallest absolute Gasteiger partial charge is 0.0948 e. The standard InChI is InChI=1S/C11H13Cl2IN2/c1-8(7-14)16(15(2)3)11-9(12)5-4-6-10(11)13/h4-6H,1,7H2,2-3H3. The Kier molecular flexibility index (Phi) is 5.37. The molecule has 0 radical (unpaired) electrons. The molecule has 0 saturated heterocycles. The second kappa shape index (κ2) is 6.10. The lowest BCUT2D eigenvalue weighted by atomic mass is 10.3. The van der Waals surface area contributed by atoms with E-state index in [4.69, 9.17) is 23.2 Å². The Balaban J connectivity index is 3.26. The highest BCUT2D eigenvalue weighted by Gasteiger charge is 2.18. The molecule has 1 aromatic carbocycles. The van der Waals surface area contributed by atoms with Crippen LogP contribution >= 0.6 is 45.8 Å². The molecule has 1 rings (SSSR count). The maximum absolute atomic E-state index is 6.17. The van der Waals surface area contributed by atoms with Gasteiger partial charge in [0.15, 0.2) is 0 Å². The maximum Gasteiger partial charge on any atom is 0.0948 e. The lowest BCUT2D eigenvalue weighted by molar-refractivity contribution is 0.403. The summed E-state index contributed by atoms with van der Waals surface area (Å²) in [6, 6.07) is 5.47. The first-order chi connectivity index (χ1) is 7.49. The van der Waals surface area contributed by atoms with Crippen molar-refractivity contribution < 1.29 is 0 Å². The average molecular weight is 371 g/mol. The zero-order chi connectivity index (χ0) is 12.3. The number of rotatable bonds is 4. The zero-order valence-electron chi connectivity index (χ0n) is 9.17. The van der Waals surface area contributed by atoms with Gasteiger partial charge >= 0.3 is 0 Å². The molecule has 0 N–H and O–H groups in total. The van der Waals surface area contributed by atoms with Crippen LogP contribution in [0.15, 0.2) is 30.5 Å². The summed E-state index contributed by atoms with van der Waals surface area (Å²) in [4.78, 5) is 0. The van der Waals surface area contributed by atoms with E-state index in [1.807, 2.05) is 42.3 Å². The molecule has 16 heavy (non-hydrogen) atoms. The maximum atomic E-state index is 6.17. The van der Waals surface area contributed by atoms with Gasteiger partial charge in [-0.1, -0.05) is 58.4 Å². The summed E-state index contributed by atoms with van der Waals surface area (Å²) >= 11 is 14.6. The van der Waals surface area contributed by atoms with Crippen molar-refractivity contribution in [2.24, 2.45) is 0 Å². The van der Waals surface area contributed by atoms with Crippen molar-refractivity contribution in [3.8, 4) is 0 Å². The number of hydrogen-bond donors (Lipinski definition) is 0. The molecule has 2 nitrogen and oxygen atoms in total. The number of nitrogens with zero attached hydrogens (tertiary/aromatic N) is 2. The molecule has 0 aliphatic carbocycles. The second-order valence-electron chi connectivity index (χ2n) is 3.43. The summed E-state index contributed by atoms with van der Waals surface area (Å²) in [5.74, 6) is 0. The highest BCUT2D eigenvalue weighted by molar-refractivity contribution is 14.1. The third-order valence-electron chi connectivity index (χ3n) is 2.00. The average Bonchev–Trinajstić information content (AvgIpc) is 2.22. The Morgan fingerprint density at radius 2 is 1.81 bits per heavy atom. The van der Waals surface area contributed by atoms with Crippen LogP contribution in [-0.2, 0) is 0 Å². The van der Waals surface area contributed by atoms with E-state index < -0.39 is 0 Å². The van der Waals surface area contributed by atoms with Crippen molar-refractivity contribution in [3.63, 3.8) is 0 Å². The number of benzene rings is 1. The molecule has 0 aliphatic rings. The number of anilines is 1. The minimum absolute atomic E-state index is 0.618. The number of hydrazine groups is 1. The van der Waals surface area contributed by atoms with Crippen LogP contribution in [0.25, 0.3) is 0 Å². The normalized spacial score (nSPS) is 10.6. The van der Waals surface area contributed by atoms with Gasteiger partial charge in [0.25, 0.3) is 0 Å². The minimum Gasteiger partial charge on any atom is -0.276 e. The van der Waals surface area contributed by atoms with Crippen molar-refractivity contribution in [1.82, 2.24) is 5.01 Å². The molecule has 0 fully saturated rings. The fraction of sp³-hybridized carbons (Fsp3) is 0.273. The predicted octanol–water partition coefficient (Wildman–Crippen LogP) is 4.23. The zero-order valence-corrected chi connectivity index (χ0v) is 12.8. The summed E-state index contributed by atoms with van der Waals surface area (Å²) in [5.41, 5.74) is 1.71. The van der Waals surface area contributed by atoms with E-state index in [1.165, 1.54) is 0 Å². The van der Waals surface area contributed by atoms with Crippen LogP contribution < -0.4 is 5.01 Å². The van der Waals surface area contributed by atoms with Gasteiger partial charge in [-0.15, -0.1) is 0 Å². The van der Waals surface area contributed by atoms with Crippen LogP contribution in [0.4, 0.5) is 5.69 Å². The quantitative estimate of drug-likeness (QED) is 0.444. The van der Waals surface area contributed by atoms with E-state index >= 15 is 0 Å². The Morgan fingerprint density at radius 1 is 1.31 bits per heavy atom. The number of para-hydroxylation sites is 1. The molecule has 5 heteroatoms. The Labute approximate surface area is 120 Å². The molecular weight excluding hydrogens is 358 g/mol. The number of alkyl halides is 1. The monoisotopic (exact) mass is 370 g/mol. The molecule has 1 aromatic rings. The largest absolute Gasteiger partial charge is 0.276 e. The molecule has 0 amide bonds. The summed E-state index contributed by atoms with van der Waals surface area (Å²) in [6.45, 7) is 4.01. The fourth-order valence-electron chi connectivity index (χ4n) is 1.39. The van der Waals surface area contributed by atoms with E-state index in [9.17, 15) is 0 Å². The Bertz CT molecular complexity index is 373. The van der Waals surface area contributed by atoms with E-state index in [0.29, 0.717) is 10.0 Å². The first-order valence-corrected chi connectivity index (χ1v) is 6.92. The van der Waals surface area contributed by atoms with Crippen molar-refractivity contribution in [1.29, 1.82) is 0 Å². The summed E-state index contributed by atoms with van der Waals surface area (Å²) < 4.78 is 0.803. The highest BCUT2D eigenvalue weighted by atomic mass is 127. The Hall–Kier alpha value is 0.0300. The SMILES string of the molecule is C=C(CI)N(c1c(Cl)cccc1Cl)N(C)C. The minimum atomic E-state index is 0.618. The topological polar surface area (TPSA) is 6.48 Å². The van der Waals surface area contributed by atoms with E-state index in [1.54, 1.807) is 0 Å². The Morgan fingerprint density at radius 3 is 2.19 bits per heavy atom.